The van der Waals surface area contributed by atoms with Gasteiger partial charge in [0.2, 0.25) is 0 Å². The number of benzene rings is 2. The van der Waals surface area contributed by atoms with Crippen molar-refractivity contribution in [1.82, 2.24) is 15.2 Å². The summed E-state index contributed by atoms with van der Waals surface area (Å²) in [5, 5.41) is 10.5. The molecule has 0 radical (unpaired) electrons. The van der Waals surface area contributed by atoms with Crippen molar-refractivity contribution in [2.45, 2.75) is 6.42 Å². The number of thiazole rings is 1. The van der Waals surface area contributed by atoms with Crippen LogP contribution in [0.25, 0.3) is 10.8 Å². The normalized spacial score (nSPS) is 10.8. The third-order valence-corrected chi connectivity index (χ3v) is 4.82. The minimum Gasteiger partial charge on any atom is -0.296 e. The third kappa shape index (κ3) is 3.25. The first kappa shape index (κ1) is 16.2. The fourth-order valence-corrected chi connectivity index (χ4v) is 3.53. The van der Waals surface area contributed by atoms with E-state index < -0.39 is 5.91 Å². The number of nitrogens with zero attached hydrogens (tertiary/aromatic N) is 2. The van der Waals surface area contributed by atoms with Gasteiger partial charge in [0.25, 0.3) is 11.5 Å². The van der Waals surface area contributed by atoms with Crippen LogP contribution in [-0.4, -0.2) is 21.1 Å². The fraction of sp³-hybridized carbons (Fsp3) is 0.0526. The van der Waals surface area contributed by atoms with E-state index in [2.05, 4.69) is 20.5 Å². The van der Waals surface area contributed by atoms with Crippen LogP contribution >= 0.6 is 11.3 Å². The molecule has 2 N–H and O–H groups in total. The maximum Gasteiger partial charge on any atom is 0.278 e. The Labute approximate surface area is 152 Å². The second-order valence-electron chi connectivity index (χ2n) is 5.70. The quantitative estimate of drug-likeness (QED) is 0.583. The van der Waals surface area contributed by atoms with Crippen molar-refractivity contribution in [3.05, 3.63) is 87.3 Å². The van der Waals surface area contributed by atoms with E-state index >= 15 is 0 Å². The molecular formula is C19H14N4O2S. The Hall–Kier alpha value is -3.32. The molecule has 0 bridgehead atoms. The molecule has 6 nitrogen and oxygen atoms in total. The number of aromatic amines is 1. The van der Waals surface area contributed by atoms with Crippen molar-refractivity contribution >= 4 is 33.1 Å². The molecule has 0 aliphatic heterocycles. The first-order valence-electron chi connectivity index (χ1n) is 7.98. The second-order valence-corrected chi connectivity index (χ2v) is 6.81. The standard InChI is InChI=1S/C19H14N4O2S/c24-17-15-9-5-4-8-14(15)16(22-23-17)18(25)21-19-20-11-13(26-19)10-12-6-2-1-3-7-12/h1-9,11H,10H2,(H,23,24)(H,20,21,25). The summed E-state index contributed by atoms with van der Waals surface area (Å²) in [6, 6.07) is 16.9. The minimum absolute atomic E-state index is 0.167. The molecule has 2 aromatic heterocycles. The highest BCUT2D eigenvalue weighted by Gasteiger charge is 2.15. The van der Waals surface area contributed by atoms with Gasteiger partial charge in [0.15, 0.2) is 10.8 Å². The van der Waals surface area contributed by atoms with Gasteiger partial charge in [0.1, 0.15) is 0 Å². The number of H-pyrrole nitrogens is 1. The molecule has 0 aliphatic rings. The highest BCUT2D eigenvalue weighted by atomic mass is 32.1. The Bertz CT molecular complexity index is 1130. The maximum atomic E-state index is 12.6. The molecule has 2 heterocycles. The smallest absolute Gasteiger partial charge is 0.278 e. The van der Waals surface area contributed by atoms with E-state index in [-0.39, 0.29) is 11.3 Å². The van der Waals surface area contributed by atoms with Crippen molar-refractivity contribution < 1.29 is 4.79 Å². The van der Waals surface area contributed by atoms with Crippen molar-refractivity contribution in [1.29, 1.82) is 0 Å². The minimum atomic E-state index is -0.405. The Kier molecular flexibility index (Phi) is 4.28. The number of aromatic nitrogens is 3. The molecule has 128 valence electrons. The van der Waals surface area contributed by atoms with E-state index in [0.29, 0.717) is 15.9 Å². The average molecular weight is 362 g/mol. The molecule has 0 saturated heterocycles. The SMILES string of the molecule is O=C(Nc1ncc(Cc2ccccc2)s1)c1n[nH]c(=O)c2ccccc12. The Balaban J connectivity index is 1.56. The summed E-state index contributed by atoms with van der Waals surface area (Å²) in [4.78, 5) is 29.7. The van der Waals surface area contributed by atoms with E-state index in [1.807, 2.05) is 30.3 Å². The zero-order valence-corrected chi connectivity index (χ0v) is 14.4. The lowest BCUT2D eigenvalue weighted by Crippen LogP contribution is -2.19. The second kappa shape index (κ2) is 6.89. The van der Waals surface area contributed by atoms with Crippen LogP contribution in [-0.2, 0) is 6.42 Å². The lowest BCUT2D eigenvalue weighted by atomic mass is 10.1. The summed E-state index contributed by atoms with van der Waals surface area (Å²) >= 11 is 1.42. The fourth-order valence-electron chi connectivity index (χ4n) is 2.69. The Morgan fingerprint density at radius 3 is 2.58 bits per heavy atom. The van der Waals surface area contributed by atoms with E-state index in [9.17, 15) is 9.59 Å². The van der Waals surface area contributed by atoms with Crippen LogP contribution < -0.4 is 10.9 Å². The van der Waals surface area contributed by atoms with Gasteiger partial charge in [-0.05, 0) is 11.6 Å². The van der Waals surface area contributed by atoms with Crippen molar-refractivity contribution in [3.8, 4) is 0 Å². The molecule has 7 heteroatoms. The van der Waals surface area contributed by atoms with Crippen molar-refractivity contribution in [2.75, 3.05) is 5.32 Å². The number of nitrogens with one attached hydrogen (secondary N) is 2. The number of hydrogen-bond donors (Lipinski definition) is 2. The molecule has 0 spiro atoms. The molecule has 26 heavy (non-hydrogen) atoms. The van der Waals surface area contributed by atoms with Crippen LogP contribution in [0.3, 0.4) is 0 Å². The number of amides is 1. The van der Waals surface area contributed by atoms with Crippen molar-refractivity contribution in [2.24, 2.45) is 0 Å². The van der Waals surface area contributed by atoms with Gasteiger partial charge in [0.05, 0.1) is 5.39 Å². The molecule has 0 atom stereocenters. The summed E-state index contributed by atoms with van der Waals surface area (Å²) in [6.45, 7) is 0. The first-order valence-corrected chi connectivity index (χ1v) is 8.80. The van der Waals surface area contributed by atoms with Gasteiger partial charge >= 0.3 is 0 Å². The van der Waals surface area contributed by atoms with Gasteiger partial charge < -0.3 is 0 Å². The number of carbonyl (C=O) groups excluding carboxylic acids is 1. The predicted molar refractivity (Wildman–Crippen MR) is 102 cm³/mol. The van der Waals surface area contributed by atoms with Gasteiger partial charge in [-0.2, -0.15) is 5.10 Å². The molecule has 0 saturated carbocycles. The highest BCUT2D eigenvalue weighted by molar-refractivity contribution is 7.15. The van der Waals surface area contributed by atoms with E-state index in [1.54, 1.807) is 30.5 Å². The molecule has 2 aromatic carbocycles. The topological polar surface area (TPSA) is 87.7 Å². The molecule has 0 aliphatic carbocycles. The number of fused-ring (bicyclic) bond motifs is 1. The summed E-state index contributed by atoms with van der Waals surface area (Å²) in [7, 11) is 0. The zero-order valence-electron chi connectivity index (χ0n) is 13.6. The summed E-state index contributed by atoms with van der Waals surface area (Å²) in [5.74, 6) is -0.405. The van der Waals surface area contributed by atoms with Crippen LogP contribution in [0.15, 0.2) is 65.6 Å². The molecule has 0 fully saturated rings. The van der Waals surface area contributed by atoms with Gasteiger partial charge in [-0.1, -0.05) is 48.5 Å². The Morgan fingerprint density at radius 1 is 1.04 bits per heavy atom. The predicted octanol–water partition coefficient (Wildman–Crippen LogP) is 3.22. The van der Waals surface area contributed by atoms with Gasteiger partial charge in [-0.15, -0.1) is 11.3 Å². The molecular weight excluding hydrogens is 348 g/mol. The van der Waals surface area contributed by atoms with E-state index in [4.69, 9.17) is 0 Å². The van der Waals surface area contributed by atoms with Crippen LogP contribution in [0.1, 0.15) is 20.9 Å². The zero-order chi connectivity index (χ0) is 17.9. The molecule has 0 unspecified atom stereocenters. The largest absolute Gasteiger partial charge is 0.296 e. The lowest BCUT2D eigenvalue weighted by molar-refractivity contribution is 0.102. The number of rotatable bonds is 4. The van der Waals surface area contributed by atoms with Crippen LogP contribution in [0.4, 0.5) is 5.13 Å². The number of carbonyl (C=O) groups is 1. The number of hydrogen-bond acceptors (Lipinski definition) is 5. The summed E-state index contributed by atoms with van der Waals surface area (Å²) in [5.41, 5.74) is 1.03. The number of anilines is 1. The maximum absolute atomic E-state index is 12.6. The van der Waals surface area contributed by atoms with Crippen LogP contribution in [0.2, 0.25) is 0 Å². The van der Waals surface area contributed by atoms with Crippen molar-refractivity contribution in [3.63, 3.8) is 0 Å². The lowest BCUT2D eigenvalue weighted by Gasteiger charge is -2.04. The average Bonchev–Trinajstić information content (AvgIpc) is 3.10. The molecule has 4 rings (SSSR count). The summed E-state index contributed by atoms with van der Waals surface area (Å²) in [6.07, 6.45) is 2.51. The third-order valence-electron chi connectivity index (χ3n) is 3.91. The van der Waals surface area contributed by atoms with E-state index in [0.717, 1.165) is 11.3 Å². The Morgan fingerprint density at radius 2 is 1.77 bits per heavy atom. The molecule has 4 aromatic rings. The summed E-state index contributed by atoms with van der Waals surface area (Å²) < 4.78 is 0. The van der Waals surface area contributed by atoms with Crippen LogP contribution in [0.5, 0.6) is 0 Å². The van der Waals surface area contributed by atoms with Gasteiger partial charge in [0, 0.05) is 22.9 Å². The first-order chi connectivity index (χ1) is 12.7. The highest BCUT2D eigenvalue weighted by Crippen LogP contribution is 2.22. The van der Waals surface area contributed by atoms with Gasteiger partial charge in [-0.25, -0.2) is 10.1 Å². The van der Waals surface area contributed by atoms with Crippen LogP contribution in [0, 0.1) is 0 Å². The van der Waals surface area contributed by atoms with Gasteiger partial charge in [-0.3, -0.25) is 14.9 Å². The molecule has 1 amide bonds. The van der Waals surface area contributed by atoms with E-state index in [1.165, 1.54) is 16.9 Å². The monoisotopic (exact) mass is 362 g/mol.